The van der Waals surface area contributed by atoms with Gasteiger partial charge in [-0.05, 0) is 38.3 Å². The summed E-state index contributed by atoms with van der Waals surface area (Å²) in [5, 5.41) is 0. The lowest BCUT2D eigenvalue weighted by Crippen LogP contribution is -2.39. The summed E-state index contributed by atoms with van der Waals surface area (Å²) in [7, 11) is -4.38. The van der Waals surface area contributed by atoms with Gasteiger partial charge in [0.25, 0.3) is 5.91 Å². The van der Waals surface area contributed by atoms with E-state index in [-0.39, 0.29) is 12.3 Å². The number of benzene rings is 1. The number of rotatable bonds is 5. The maximum Gasteiger partial charge on any atom is 0.414 e. The fourth-order valence-electron chi connectivity index (χ4n) is 2.58. The first-order valence-electron chi connectivity index (χ1n) is 7.31. The Bertz CT molecular complexity index is 734. The minimum absolute atomic E-state index is 0.185. The molecule has 1 heterocycles. The third-order valence-electron chi connectivity index (χ3n) is 3.53. The molecule has 0 saturated carbocycles. The Kier molecular flexibility index (Phi) is 4.65. The Labute approximate surface area is 136 Å². The maximum atomic E-state index is 12.4. The van der Waals surface area contributed by atoms with Crippen LogP contribution < -0.4 is 4.18 Å². The Balaban J connectivity index is 2.30. The van der Waals surface area contributed by atoms with Crippen molar-refractivity contribution in [3.8, 4) is 5.75 Å². The number of amides is 3. The van der Waals surface area contributed by atoms with Crippen molar-refractivity contribution in [3.05, 3.63) is 28.8 Å². The third-order valence-corrected chi connectivity index (χ3v) is 4.74. The molecule has 3 amide bonds. The normalized spacial score (nSPS) is 15.5. The molecule has 0 unspecified atom stereocenters. The molecule has 0 bridgehead atoms. The highest BCUT2D eigenvalue weighted by molar-refractivity contribution is 7.85. The number of carbonyl (C=O) groups is 2. The fourth-order valence-corrected chi connectivity index (χ4v) is 3.71. The molecule has 2 rings (SSSR count). The quantitative estimate of drug-likeness (QED) is 0.765. The van der Waals surface area contributed by atoms with Crippen LogP contribution in [-0.2, 0) is 15.1 Å². The molecule has 1 fully saturated rings. The molecule has 1 aliphatic rings. The van der Waals surface area contributed by atoms with Crippen molar-refractivity contribution in [2.24, 2.45) is 0 Å². The van der Waals surface area contributed by atoms with E-state index in [0.29, 0.717) is 21.9 Å². The van der Waals surface area contributed by atoms with Gasteiger partial charge in [-0.15, -0.1) is 0 Å². The molecule has 8 heteroatoms. The van der Waals surface area contributed by atoms with Gasteiger partial charge in [-0.25, -0.2) is 4.79 Å². The maximum absolute atomic E-state index is 12.4. The summed E-state index contributed by atoms with van der Waals surface area (Å²) in [6.45, 7) is 6.81. The van der Waals surface area contributed by atoms with Crippen LogP contribution in [0.15, 0.2) is 12.1 Å². The van der Waals surface area contributed by atoms with Crippen molar-refractivity contribution in [2.75, 3.05) is 13.1 Å². The largest absolute Gasteiger partial charge is 0.414 e. The average Bonchev–Trinajstić information content (AvgIpc) is 2.72. The lowest BCUT2D eigenvalue weighted by molar-refractivity contribution is -0.125. The molecule has 7 nitrogen and oxygen atoms in total. The Morgan fingerprint density at radius 2 is 1.70 bits per heavy atom. The first-order chi connectivity index (χ1) is 10.7. The number of imide groups is 1. The van der Waals surface area contributed by atoms with E-state index >= 15 is 0 Å². The van der Waals surface area contributed by atoms with Gasteiger partial charge in [-0.3, -0.25) is 9.69 Å². The van der Waals surface area contributed by atoms with E-state index in [0.717, 1.165) is 10.5 Å². The highest BCUT2D eigenvalue weighted by Crippen LogP contribution is 2.28. The first kappa shape index (κ1) is 17.3. The molecule has 0 radical (unpaired) electrons. The second-order valence-corrected chi connectivity index (χ2v) is 7.07. The van der Waals surface area contributed by atoms with Gasteiger partial charge >= 0.3 is 16.3 Å². The van der Waals surface area contributed by atoms with Gasteiger partial charge in [0.1, 0.15) is 12.3 Å². The first-order valence-corrected chi connectivity index (χ1v) is 8.68. The molecule has 0 N–H and O–H groups in total. The van der Waals surface area contributed by atoms with Crippen LogP contribution in [-0.4, -0.2) is 42.7 Å². The summed E-state index contributed by atoms with van der Waals surface area (Å²) >= 11 is 0. The molecular weight excluding hydrogens is 320 g/mol. The topological polar surface area (TPSA) is 84.0 Å². The predicted octanol–water partition coefficient (Wildman–Crippen LogP) is 1.91. The van der Waals surface area contributed by atoms with Gasteiger partial charge in [0.15, 0.2) is 0 Å². The lowest BCUT2D eigenvalue weighted by atomic mass is 10.1. The molecule has 0 atom stereocenters. The smallest absolute Gasteiger partial charge is 0.366 e. The third kappa shape index (κ3) is 3.31. The van der Waals surface area contributed by atoms with Crippen LogP contribution >= 0.6 is 0 Å². The molecule has 126 valence electrons. The molecule has 1 aromatic rings. The second kappa shape index (κ2) is 6.19. The van der Waals surface area contributed by atoms with Gasteiger partial charge in [0.05, 0.1) is 0 Å². The van der Waals surface area contributed by atoms with Gasteiger partial charge in [-0.1, -0.05) is 24.6 Å². The average molecular weight is 340 g/mol. The molecule has 0 spiro atoms. The lowest BCUT2D eigenvalue weighted by Gasteiger charge is -2.18. The summed E-state index contributed by atoms with van der Waals surface area (Å²) in [6, 6.07) is 2.72. The fraction of sp³-hybridized carbons (Fsp3) is 0.467. The Morgan fingerprint density at radius 1 is 1.13 bits per heavy atom. The summed E-state index contributed by atoms with van der Waals surface area (Å²) < 4.78 is 30.4. The zero-order valence-corrected chi connectivity index (χ0v) is 14.4. The van der Waals surface area contributed by atoms with Crippen LogP contribution in [0.5, 0.6) is 5.75 Å². The van der Waals surface area contributed by atoms with Crippen LogP contribution in [0.25, 0.3) is 0 Å². The highest BCUT2D eigenvalue weighted by atomic mass is 32.2. The van der Waals surface area contributed by atoms with E-state index in [4.69, 9.17) is 4.18 Å². The monoisotopic (exact) mass is 340 g/mol. The number of hydrogen-bond acceptors (Lipinski definition) is 5. The molecule has 1 aromatic carbocycles. The minimum Gasteiger partial charge on any atom is -0.366 e. The van der Waals surface area contributed by atoms with Crippen LogP contribution in [0, 0.1) is 20.8 Å². The molecular formula is C15H20N2O5S. The molecule has 1 aliphatic heterocycles. The molecule has 0 aromatic heterocycles. The van der Waals surface area contributed by atoms with Crippen molar-refractivity contribution in [1.29, 1.82) is 0 Å². The van der Waals surface area contributed by atoms with Crippen LogP contribution in [0.4, 0.5) is 4.79 Å². The van der Waals surface area contributed by atoms with Crippen LogP contribution in [0.3, 0.4) is 0 Å². The summed E-state index contributed by atoms with van der Waals surface area (Å²) in [6.07, 6.45) is 0.558. The molecule has 1 saturated heterocycles. The number of nitrogens with zero attached hydrogens (tertiary/aromatic N) is 2. The standard InChI is InChI=1S/C15H20N2O5S/c1-5-6-16-13(18)9-17(15(16)19)23(20,21)22-14-11(3)7-10(2)8-12(14)4/h7-8H,5-6,9H2,1-4H3. The van der Waals surface area contributed by atoms with Crippen molar-refractivity contribution in [2.45, 2.75) is 34.1 Å². The molecule has 23 heavy (non-hydrogen) atoms. The van der Waals surface area contributed by atoms with Crippen molar-refractivity contribution < 1.29 is 22.2 Å². The van der Waals surface area contributed by atoms with E-state index in [9.17, 15) is 18.0 Å². The van der Waals surface area contributed by atoms with Crippen molar-refractivity contribution >= 4 is 22.2 Å². The van der Waals surface area contributed by atoms with E-state index in [1.54, 1.807) is 32.9 Å². The van der Waals surface area contributed by atoms with E-state index < -0.39 is 28.8 Å². The highest BCUT2D eigenvalue weighted by Gasteiger charge is 2.44. The van der Waals surface area contributed by atoms with Crippen molar-refractivity contribution in [3.63, 3.8) is 0 Å². The van der Waals surface area contributed by atoms with Gasteiger partial charge in [0, 0.05) is 6.54 Å². The number of carbonyl (C=O) groups excluding carboxylic acids is 2. The van der Waals surface area contributed by atoms with Crippen LogP contribution in [0.1, 0.15) is 30.0 Å². The van der Waals surface area contributed by atoms with Gasteiger partial charge < -0.3 is 4.18 Å². The number of aryl methyl sites for hydroxylation is 3. The predicted molar refractivity (Wildman–Crippen MR) is 84.3 cm³/mol. The van der Waals surface area contributed by atoms with E-state index in [1.165, 1.54) is 0 Å². The van der Waals surface area contributed by atoms with Crippen molar-refractivity contribution in [1.82, 2.24) is 9.21 Å². The van der Waals surface area contributed by atoms with E-state index in [1.807, 2.05) is 6.92 Å². The zero-order valence-electron chi connectivity index (χ0n) is 13.6. The molecule has 0 aliphatic carbocycles. The number of hydrogen-bond donors (Lipinski definition) is 0. The Morgan fingerprint density at radius 3 is 2.22 bits per heavy atom. The van der Waals surface area contributed by atoms with E-state index in [2.05, 4.69) is 0 Å². The second-order valence-electron chi connectivity index (χ2n) is 5.60. The summed E-state index contributed by atoms with van der Waals surface area (Å²) in [5.41, 5.74) is 2.27. The summed E-state index contributed by atoms with van der Waals surface area (Å²) in [4.78, 5) is 24.9. The zero-order chi connectivity index (χ0) is 17.4. The van der Waals surface area contributed by atoms with Crippen LogP contribution in [0.2, 0.25) is 0 Å². The van der Waals surface area contributed by atoms with Gasteiger partial charge in [-0.2, -0.15) is 12.7 Å². The summed E-state index contributed by atoms with van der Waals surface area (Å²) in [5.74, 6) is -0.355. The Hall–Kier alpha value is -2.09. The van der Waals surface area contributed by atoms with Gasteiger partial charge in [0.2, 0.25) is 0 Å². The SMILES string of the molecule is CCCN1C(=O)CN(S(=O)(=O)Oc2c(C)cc(C)cc2C)C1=O. The minimum atomic E-state index is -4.38. The number of urea groups is 1.